The Hall–Kier alpha value is -1.28. The van der Waals surface area contributed by atoms with Gasteiger partial charge >= 0.3 is 0 Å². The van der Waals surface area contributed by atoms with E-state index in [0.717, 1.165) is 37.2 Å². The molecule has 0 aliphatic carbocycles. The van der Waals surface area contributed by atoms with Gasteiger partial charge in [0.25, 0.3) is 0 Å². The Morgan fingerprint density at radius 3 is 2.88 bits per heavy atom. The van der Waals surface area contributed by atoms with Gasteiger partial charge in [-0.05, 0) is 24.5 Å². The summed E-state index contributed by atoms with van der Waals surface area (Å²) in [4.78, 5) is 0. The van der Waals surface area contributed by atoms with Gasteiger partial charge < -0.3 is 9.47 Å². The van der Waals surface area contributed by atoms with E-state index in [-0.39, 0.29) is 0 Å². The molecular weight excluding hydrogens is 200 g/mol. The lowest BCUT2D eigenvalue weighted by atomic mass is 10.1. The zero-order chi connectivity index (χ0) is 11.6. The highest BCUT2D eigenvalue weighted by molar-refractivity contribution is 5.34. The molecule has 0 fully saturated rings. The SMILES string of the molecule is C=CCc1ccccc1OCOCCCC. The topological polar surface area (TPSA) is 18.5 Å². The molecule has 16 heavy (non-hydrogen) atoms. The van der Waals surface area contributed by atoms with Crippen molar-refractivity contribution in [3.05, 3.63) is 42.5 Å². The predicted molar refractivity (Wildman–Crippen MR) is 66.7 cm³/mol. The van der Waals surface area contributed by atoms with Crippen LogP contribution in [0.2, 0.25) is 0 Å². The molecule has 0 aliphatic rings. The van der Waals surface area contributed by atoms with Gasteiger partial charge in [0.05, 0.1) is 6.61 Å². The van der Waals surface area contributed by atoms with Crippen LogP contribution in [0.15, 0.2) is 36.9 Å². The molecule has 0 N–H and O–H groups in total. The minimum absolute atomic E-state index is 0.328. The van der Waals surface area contributed by atoms with Crippen molar-refractivity contribution in [2.75, 3.05) is 13.4 Å². The van der Waals surface area contributed by atoms with Gasteiger partial charge in [-0.2, -0.15) is 0 Å². The first kappa shape index (κ1) is 12.8. The summed E-state index contributed by atoms with van der Waals surface area (Å²) in [6, 6.07) is 7.97. The minimum Gasteiger partial charge on any atom is -0.467 e. The highest BCUT2D eigenvalue weighted by Crippen LogP contribution is 2.18. The summed E-state index contributed by atoms with van der Waals surface area (Å²) >= 11 is 0. The van der Waals surface area contributed by atoms with Crippen molar-refractivity contribution in [3.8, 4) is 5.75 Å². The maximum absolute atomic E-state index is 5.57. The Morgan fingerprint density at radius 1 is 1.31 bits per heavy atom. The van der Waals surface area contributed by atoms with Crippen molar-refractivity contribution < 1.29 is 9.47 Å². The molecule has 0 aromatic heterocycles. The van der Waals surface area contributed by atoms with Crippen LogP contribution in [-0.2, 0) is 11.2 Å². The van der Waals surface area contributed by atoms with E-state index in [1.165, 1.54) is 0 Å². The molecule has 0 amide bonds. The maximum atomic E-state index is 5.57. The fourth-order valence-electron chi connectivity index (χ4n) is 1.38. The summed E-state index contributed by atoms with van der Waals surface area (Å²) in [7, 11) is 0. The van der Waals surface area contributed by atoms with Gasteiger partial charge in [-0.25, -0.2) is 0 Å². The summed E-state index contributed by atoms with van der Waals surface area (Å²) in [5.41, 5.74) is 1.15. The van der Waals surface area contributed by atoms with Crippen molar-refractivity contribution in [1.29, 1.82) is 0 Å². The van der Waals surface area contributed by atoms with Crippen LogP contribution in [0.25, 0.3) is 0 Å². The highest BCUT2D eigenvalue weighted by atomic mass is 16.7. The third-order valence-electron chi connectivity index (χ3n) is 2.28. The van der Waals surface area contributed by atoms with Crippen LogP contribution in [0.5, 0.6) is 5.75 Å². The number of hydrogen-bond acceptors (Lipinski definition) is 2. The molecule has 0 radical (unpaired) electrons. The van der Waals surface area contributed by atoms with Gasteiger partial charge in [0.1, 0.15) is 5.75 Å². The zero-order valence-electron chi connectivity index (χ0n) is 9.95. The van der Waals surface area contributed by atoms with Crippen molar-refractivity contribution >= 4 is 0 Å². The monoisotopic (exact) mass is 220 g/mol. The predicted octanol–water partition coefficient (Wildman–Crippen LogP) is 3.57. The summed E-state index contributed by atoms with van der Waals surface area (Å²) in [5.74, 6) is 0.888. The second-order valence-electron chi connectivity index (χ2n) is 3.62. The Labute approximate surface area is 97.9 Å². The first-order valence-electron chi connectivity index (χ1n) is 5.77. The molecule has 0 bridgehead atoms. The first-order valence-corrected chi connectivity index (χ1v) is 5.77. The Bertz CT molecular complexity index is 307. The molecule has 1 aromatic rings. The van der Waals surface area contributed by atoms with Crippen LogP contribution >= 0.6 is 0 Å². The number of para-hydroxylation sites is 1. The number of allylic oxidation sites excluding steroid dienone is 1. The van der Waals surface area contributed by atoms with Gasteiger partial charge in [0.2, 0.25) is 0 Å². The second-order valence-corrected chi connectivity index (χ2v) is 3.62. The third-order valence-corrected chi connectivity index (χ3v) is 2.28. The zero-order valence-corrected chi connectivity index (χ0v) is 9.95. The van der Waals surface area contributed by atoms with Crippen LogP contribution in [-0.4, -0.2) is 13.4 Å². The lowest BCUT2D eigenvalue weighted by Crippen LogP contribution is -2.05. The van der Waals surface area contributed by atoms with Gasteiger partial charge in [0, 0.05) is 0 Å². The molecule has 88 valence electrons. The smallest absolute Gasteiger partial charge is 0.189 e. The number of benzene rings is 1. The van der Waals surface area contributed by atoms with Crippen LogP contribution in [0.4, 0.5) is 0 Å². The summed E-state index contributed by atoms with van der Waals surface area (Å²) in [5, 5.41) is 0. The molecule has 1 aromatic carbocycles. The average molecular weight is 220 g/mol. The Kier molecular flexibility index (Phi) is 6.35. The van der Waals surface area contributed by atoms with Crippen LogP contribution in [0.3, 0.4) is 0 Å². The molecule has 0 aliphatic heterocycles. The summed E-state index contributed by atoms with van der Waals surface area (Å²) in [6.07, 6.45) is 4.93. The van der Waals surface area contributed by atoms with E-state index in [1.54, 1.807) is 0 Å². The molecule has 0 unspecified atom stereocenters. The molecule has 0 spiro atoms. The van der Waals surface area contributed by atoms with Gasteiger partial charge in [-0.15, -0.1) is 6.58 Å². The second kappa shape index (κ2) is 7.94. The minimum atomic E-state index is 0.328. The summed E-state index contributed by atoms with van der Waals surface area (Å²) < 4.78 is 10.9. The molecule has 2 heteroatoms. The molecule has 0 atom stereocenters. The lowest BCUT2D eigenvalue weighted by Gasteiger charge is -2.10. The number of rotatable bonds is 8. The van der Waals surface area contributed by atoms with Crippen LogP contribution in [0, 0.1) is 0 Å². The van der Waals surface area contributed by atoms with E-state index in [9.17, 15) is 0 Å². The average Bonchev–Trinajstić information content (AvgIpc) is 2.31. The molecule has 2 nitrogen and oxygen atoms in total. The Balaban J connectivity index is 2.37. The molecule has 0 saturated heterocycles. The van der Waals surface area contributed by atoms with Crippen molar-refractivity contribution in [2.45, 2.75) is 26.2 Å². The van der Waals surface area contributed by atoms with E-state index in [1.807, 2.05) is 30.3 Å². The van der Waals surface area contributed by atoms with Gasteiger partial charge in [-0.1, -0.05) is 37.6 Å². The molecule has 0 heterocycles. The normalized spacial score (nSPS) is 10.1. The van der Waals surface area contributed by atoms with Crippen molar-refractivity contribution in [3.63, 3.8) is 0 Å². The van der Waals surface area contributed by atoms with Crippen molar-refractivity contribution in [2.24, 2.45) is 0 Å². The van der Waals surface area contributed by atoms with Gasteiger partial charge in [0.15, 0.2) is 6.79 Å². The van der Waals surface area contributed by atoms with E-state index in [4.69, 9.17) is 9.47 Å². The quantitative estimate of drug-likeness (QED) is 0.379. The number of hydrogen-bond donors (Lipinski definition) is 0. The maximum Gasteiger partial charge on any atom is 0.189 e. The van der Waals surface area contributed by atoms with Gasteiger partial charge in [-0.3, -0.25) is 0 Å². The standard InChI is InChI=1S/C14H20O2/c1-3-5-11-15-12-16-14-10-7-6-9-13(14)8-4-2/h4,6-7,9-10H,2-3,5,8,11-12H2,1H3. The fourth-order valence-corrected chi connectivity index (χ4v) is 1.38. The van der Waals surface area contributed by atoms with E-state index < -0.39 is 0 Å². The van der Waals surface area contributed by atoms with E-state index >= 15 is 0 Å². The fraction of sp³-hybridized carbons (Fsp3) is 0.429. The Morgan fingerprint density at radius 2 is 2.12 bits per heavy atom. The van der Waals surface area contributed by atoms with Crippen molar-refractivity contribution in [1.82, 2.24) is 0 Å². The van der Waals surface area contributed by atoms with Crippen LogP contribution in [0.1, 0.15) is 25.3 Å². The van der Waals surface area contributed by atoms with E-state index in [2.05, 4.69) is 13.5 Å². The largest absolute Gasteiger partial charge is 0.467 e. The van der Waals surface area contributed by atoms with Crippen LogP contribution < -0.4 is 4.74 Å². The molecule has 1 rings (SSSR count). The van der Waals surface area contributed by atoms with E-state index in [0.29, 0.717) is 6.79 Å². The lowest BCUT2D eigenvalue weighted by molar-refractivity contribution is 0.0136. The highest BCUT2D eigenvalue weighted by Gasteiger charge is 2.00. The molecule has 0 saturated carbocycles. The number of ether oxygens (including phenoxy) is 2. The third kappa shape index (κ3) is 4.49. The first-order chi connectivity index (χ1) is 7.88. The number of unbranched alkanes of at least 4 members (excludes halogenated alkanes) is 1. The molecular formula is C14H20O2. The summed E-state index contributed by atoms with van der Waals surface area (Å²) in [6.45, 7) is 6.97.